The van der Waals surface area contributed by atoms with Crippen molar-refractivity contribution in [2.45, 2.75) is 13.0 Å². The average molecular weight is 241 g/mol. The number of nitrogens with zero attached hydrogens (tertiary/aromatic N) is 1. The summed E-state index contributed by atoms with van der Waals surface area (Å²) in [5.74, 6) is -0.421. The molecule has 92 valence electrons. The van der Waals surface area contributed by atoms with Crippen LogP contribution in [0.4, 0.5) is 5.69 Å². The van der Waals surface area contributed by atoms with Crippen LogP contribution >= 0.6 is 0 Å². The predicted octanol–water partition coefficient (Wildman–Crippen LogP) is 2.03. The Hall–Kier alpha value is -2.36. The fraction of sp³-hybridized carbons (Fsp3) is 0.143. The molecule has 0 radical (unpaired) electrons. The predicted molar refractivity (Wildman–Crippen MR) is 71.0 cm³/mol. The number of benzene rings is 1. The third kappa shape index (κ3) is 2.66. The van der Waals surface area contributed by atoms with Crippen molar-refractivity contribution in [1.82, 2.24) is 4.98 Å². The van der Waals surface area contributed by atoms with Crippen LogP contribution in [0.25, 0.3) is 0 Å². The first kappa shape index (κ1) is 12.1. The average Bonchev–Trinajstić information content (AvgIpc) is 2.38. The van der Waals surface area contributed by atoms with Crippen molar-refractivity contribution in [2.24, 2.45) is 5.73 Å². The summed E-state index contributed by atoms with van der Waals surface area (Å²) in [5.41, 5.74) is 8.09. The zero-order valence-electron chi connectivity index (χ0n) is 10.1. The number of aromatic nitrogens is 1. The highest BCUT2D eigenvalue weighted by Gasteiger charge is 2.19. The molecular weight excluding hydrogens is 226 g/mol. The molecule has 4 nitrogen and oxygen atoms in total. The number of carbonyl (C=O) groups is 1. The van der Waals surface area contributed by atoms with E-state index in [0.29, 0.717) is 0 Å². The van der Waals surface area contributed by atoms with Crippen molar-refractivity contribution < 1.29 is 4.79 Å². The first-order valence-electron chi connectivity index (χ1n) is 5.70. The first-order chi connectivity index (χ1) is 8.68. The Morgan fingerprint density at radius 2 is 2.00 bits per heavy atom. The number of anilines is 1. The van der Waals surface area contributed by atoms with Gasteiger partial charge in [-0.25, -0.2) is 0 Å². The van der Waals surface area contributed by atoms with Crippen LogP contribution in [0.5, 0.6) is 0 Å². The molecule has 0 bridgehead atoms. The molecule has 1 atom stereocenters. The molecule has 0 aliphatic heterocycles. The summed E-state index contributed by atoms with van der Waals surface area (Å²) < 4.78 is 0. The molecule has 0 saturated carbocycles. The molecule has 0 saturated heterocycles. The van der Waals surface area contributed by atoms with Crippen LogP contribution in [0.2, 0.25) is 0 Å². The van der Waals surface area contributed by atoms with Crippen LogP contribution < -0.4 is 11.1 Å². The standard InChI is InChI=1S/C14H15N3O/c1-10-7-8-16-9-12(10)13(14(15)18)17-11-5-3-2-4-6-11/h2-9,13,17H,1H3,(H2,15,18). The van der Waals surface area contributed by atoms with E-state index in [4.69, 9.17) is 5.73 Å². The molecule has 4 heteroatoms. The molecule has 0 aliphatic carbocycles. The number of hydrogen-bond acceptors (Lipinski definition) is 3. The molecule has 18 heavy (non-hydrogen) atoms. The Morgan fingerprint density at radius 3 is 2.61 bits per heavy atom. The number of primary amides is 1. The molecule has 2 rings (SSSR count). The number of rotatable bonds is 4. The number of nitrogens with one attached hydrogen (secondary N) is 1. The SMILES string of the molecule is Cc1ccncc1C(Nc1ccccc1)C(N)=O. The maximum Gasteiger partial charge on any atom is 0.244 e. The van der Waals surface area contributed by atoms with Gasteiger partial charge in [-0.05, 0) is 30.7 Å². The summed E-state index contributed by atoms with van der Waals surface area (Å²) in [4.78, 5) is 15.6. The minimum Gasteiger partial charge on any atom is -0.370 e. The number of para-hydroxylation sites is 1. The van der Waals surface area contributed by atoms with Gasteiger partial charge in [0.25, 0.3) is 0 Å². The van der Waals surface area contributed by atoms with E-state index in [0.717, 1.165) is 16.8 Å². The van der Waals surface area contributed by atoms with E-state index in [2.05, 4.69) is 10.3 Å². The summed E-state index contributed by atoms with van der Waals surface area (Å²) in [6.45, 7) is 1.93. The lowest BCUT2D eigenvalue weighted by molar-refractivity contribution is -0.118. The van der Waals surface area contributed by atoms with Crippen LogP contribution in [0.3, 0.4) is 0 Å². The maximum atomic E-state index is 11.6. The lowest BCUT2D eigenvalue weighted by Gasteiger charge is -2.18. The zero-order valence-corrected chi connectivity index (χ0v) is 10.1. The molecular formula is C14H15N3O. The smallest absolute Gasteiger partial charge is 0.244 e. The highest BCUT2D eigenvalue weighted by molar-refractivity contribution is 5.84. The van der Waals surface area contributed by atoms with Crippen LogP contribution in [0, 0.1) is 6.92 Å². The van der Waals surface area contributed by atoms with Gasteiger partial charge in [0, 0.05) is 23.6 Å². The summed E-state index contributed by atoms with van der Waals surface area (Å²) in [6, 6.07) is 10.8. The van der Waals surface area contributed by atoms with E-state index >= 15 is 0 Å². The van der Waals surface area contributed by atoms with Gasteiger partial charge in [0.2, 0.25) is 5.91 Å². The second kappa shape index (κ2) is 5.31. The minimum atomic E-state index is -0.568. The maximum absolute atomic E-state index is 11.6. The van der Waals surface area contributed by atoms with Crippen LogP contribution in [0.1, 0.15) is 17.2 Å². The van der Waals surface area contributed by atoms with Gasteiger partial charge in [-0.15, -0.1) is 0 Å². The summed E-state index contributed by atoms with van der Waals surface area (Å²) >= 11 is 0. The summed E-state index contributed by atoms with van der Waals surface area (Å²) in [7, 11) is 0. The second-order valence-corrected chi connectivity index (χ2v) is 4.08. The molecule has 2 aromatic rings. The topological polar surface area (TPSA) is 68.0 Å². The number of carbonyl (C=O) groups excluding carboxylic acids is 1. The minimum absolute atomic E-state index is 0.421. The molecule has 1 unspecified atom stereocenters. The Bertz CT molecular complexity index is 540. The Kier molecular flexibility index (Phi) is 3.57. The molecule has 0 spiro atoms. The van der Waals surface area contributed by atoms with Crippen molar-refractivity contribution in [3.63, 3.8) is 0 Å². The Morgan fingerprint density at radius 1 is 1.28 bits per heavy atom. The quantitative estimate of drug-likeness (QED) is 0.860. The molecule has 0 aliphatic rings. The monoisotopic (exact) mass is 241 g/mol. The highest BCUT2D eigenvalue weighted by Crippen LogP contribution is 2.21. The highest BCUT2D eigenvalue weighted by atomic mass is 16.1. The normalized spacial score (nSPS) is 11.8. The van der Waals surface area contributed by atoms with Crippen molar-refractivity contribution in [3.8, 4) is 0 Å². The number of aryl methyl sites for hydroxylation is 1. The number of nitrogens with two attached hydrogens (primary N) is 1. The lowest BCUT2D eigenvalue weighted by Crippen LogP contribution is -2.28. The summed E-state index contributed by atoms with van der Waals surface area (Å²) in [5, 5.41) is 3.12. The van der Waals surface area contributed by atoms with Crippen LogP contribution in [-0.4, -0.2) is 10.9 Å². The van der Waals surface area contributed by atoms with Crippen molar-refractivity contribution in [1.29, 1.82) is 0 Å². The molecule has 1 aromatic heterocycles. The number of amides is 1. The zero-order chi connectivity index (χ0) is 13.0. The van der Waals surface area contributed by atoms with Crippen molar-refractivity contribution in [2.75, 3.05) is 5.32 Å². The van der Waals surface area contributed by atoms with Gasteiger partial charge in [-0.2, -0.15) is 0 Å². The molecule has 3 N–H and O–H groups in total. The van der Waals surface area contributed by atoms with E-state index < -0.39 is 11.9 Å². The van der Waals surface area contributed by atoms with Crippen molar-refractivity contribution in [3.05, 3.63) is 59.9 Å². The van der Waals surface area contributed by atoms with E-state index in [1.54, 1.807) is 12.4 Å². The molecule has 1 heterocycles. The number of hydrogen-bond donors (Lipinski definition) is 2. The van der Waals surface area contributed by atoms with Gasteiger partial charge in [0.05, 0.1) is 0 Å². The van der Waals surface area contributed by atoms with E-state index in [9.17, 15) is 4.79 Å². The third-order valence-corrected chi connectivity index (χ3v) is 2.76. The van der Waals surface area contributed by atoms with Crippen LogP contribution in [-0.2, 0) is 4.79 Å². The third-order valence-electron chi connectivity index (χ3n) is 2.76. The largest absolute Gasteiger partial charge is 0.370 e. The van der Waals surface area contributed by atoms with Gasteiger partial charge in [-0.1, -0.05) is 18.2 Å². The lowest BCUT2D eigenvalue weighted by atomic mass is 10.0. The van der Waals surface area contributed by atoms with Crippen molar-refractivity contribution >= 4 is 11.6 Å². The van der Waals surface area contributed by atoms with Crippen LogP contribution in [0.15, 0.2) is 48.8 Å². The fourth-order valence-electron chi connectivity index (χ4n) is 1.78. The van der Waals surface area contributed by atoms with E-state index in [1.165, 1.54) is 0 Å². The molecule has 1 aromatic carbocycles. The Balaban J connectivity index is 2.30. The Labute approximate surface area is 106 Å². The van der Waals surface area contributed by atoms with Gasteiger partial charge in [0.1, 0.15) is 6.04 Å². The fourth-order valence-corrected chi connectivity index (χ4v) is 1.78. The second-order valence-electron chi connectivity index (χ2n) is 4.08. The number of pyridine rings is 1. The molecule has 1 amide bonds. The van der Waals surface area contributed by atoms with Gasteiger partial charge < -0.3 is 11.1 Å². The summed E-state index contributed by atoms with van der Waals surface area (Å²) in [6.07, 6.45) is 3.36. The van der Waals surface area contributed by atoms with Gasteiger partial charge >= 0.3 is 0 Å². The van der Waals surface area contributed by atoms with Gasteiger partial charge in [0.15, 0.2) is 0 Å². The van der Waals surface area contributed by atoms with E-state index in [-0.39, 0.29) is 0 Å². The van der Waals surface area contributed by atoms with E-state index in [1.807, 2.05) is 43.3 Å². The first-order valence-corrected chi connectivity index (χ1v) is 5.70. The van der Waals surface area contributed by atoms with Gasteiger partial charge in [-0.3, -0.25) is 9.78 Å². The molecule has 0 fully saturated rings.